The van der Waals surface area contributed by atoms with E-state index in [2.05, 4.69) is 41.4 Å². The zero-order valence-electron chi connectivity index (χ0n) is 17.6. The van der Waals surface area contributed by atoms with Crippen molar-refractivity contribution in [3.05, 3.63) is 126 Å². The van der Waals surface area contributed by atoms with Crippen LogP contribution in [0.1, 0.15) is 46.4 Å². The molecular formula is C27H24N2O3. The second-order valence-electron chi connectivity index (χ2n) is 7.63. The van der Waals surface area contributed by atoms with E-state index in [1.807, 2.05) is 59.2 Å². The summed E-state index contributed by atoms with van der Waals surface area (Å²) in [6.45, 7) is 0. The lowest BCUT2D eigenvalue weighted by atomic mass is 9.76. The molecule has 160 valence electrons. The molecule has 0 aliphatic carbocycles. The molecule has 4 rings (SSSR count). The third-order valence-corrected chi connectivity index (χ3v) is 5.65. The number of carbonyl (C=O) groups excluding carboxylic acids is 1. The molecule has 5 heteroatoms. The fourth-order valence-corrected chi connectivity index (χ4v) is 4.25. The van der Waals surface area contributed by atoms with Crippen LogP contribution in [0.3, 0.4) is 0 Å². The summed E-state index contributed by atoms with van der Waals surface area (Å²) in [4.78, 5) is 28.5. The molecule has 0 aliphatic heterocycles. The SMILES string of the molecule is O=C(O)CCCC(=O)c1cncn1C(c1ccccc1)(c1ccccc1)c1ccccc1. The summed E-state index contributed by atoms with van der Waals surface area (Å²) in [7, 11) is 0. The third-order valence-electron chi connectivity index (χ3n) is 5.65. The first-order valence-electron chi connectivity index (χ1n) is 10.6. The first-order valence-corrected chi connectivity index (χ1v) is 10.6. The van der Waals surface area contributed by atoms with Crippen molar-refractivity contribution in [2.75, 3.05) is 0 Å². The second kappa shape index (κ2) is 9.43. The average molecular weight is 425 g/mol. The molecule has 1 aromatic heterocycles. The van der Waals surface area contributed by atoms with E-state index in [0.717, 1.165) is 16.7 Å². The highest BCUT2D eigenvalue weighted by molar-refractivity contribution is 5.94. The molecule has 0 aliphatic rings. The molecule has 0 atom stereocenters. The Balaban J connectivity index is 1.96. The van der Waals surface area contributed by atoms with Crippen LogP contribution >= 0.6 is 0 Å². The van der Waals surface area contributed by atoms with Gasteiger partial charge in [-0.15, -0.1) is 0 Å². The minimum atomic E-state index is -0.904. The van der Waals surface area contributed by atoms with Gasteiger partial charge in [0.25, 0.3) is 0 Å². The third kappa shape index (κ3) is 3.97. The Kier molecular flexibility index (Phi) is 6.26. The average Bonchev–Trinajstić information content (AvgIpc) is 3.32. The number of carboxylic acid groups (broad SMARTS) is 1. The van der Waals surface area contributed by atoms with Crippen molar-refractivity contribution in [3.63, 3.8) is 0 Å². The summed E-state index contributed by atoms with van der Waals surface area (Å²) in [6.07, 6.45) is 3.66. The van der Waals surface area contributed by atoms with E-state index >= 15 is 0 Å². The number of ketones is 1. The Morgan fingerprint density at radius 1 is 0.750 bits per heavy atom. The molecule has 3 aromatic carbocycles. The standard InChI is InChI=1S/C27H24N2O3/c30-25(17-10-18-26(31)32)24-19-28-20-29(24)27(21-11-4-1-5-12-21,22-13-6-2-7-14-22)23-15-8-3-9-16-23/h1-9,11-16,19-20H,10,17-18H2,(H,31,32). The molecular weight excluding hydrogens is 400 g/mol. The highest BCUT2D eigenvalue weighted by Gasteiger charge is 2.40. The van der Waals surface area contributed by atoms with E-state index in [1.165, 1.54) is 0 Å². The molecule has 0 fully saturated rings. The van der Waals surface area contributed by atoms with Crippen LogP contribution in [0.15, 0.2) is 104 Å². The van der Waals surface area contributed by atoms with Crippen molar-refractivity contribution in [2.45, 2.75) is 24.8 Å². The van der Waals surface area contributed by atoms with Crippen molar-refractivity contribution >= 4 is 11.8 Å². The van der Waals surface area contributed by atoms with Gasteiger partial charge in [0.1, 0.15) is 11.2 Å². The first kappa shape index (κ1) is 21.2. The Labute approximate surface area is 187 Å². The normalized spacial score (nSPS) is 11.2. The van der Waals surface area contributed by atoms with E-state index in [1.54, 1.807) is 12.5 Å². The van der Waals surface area contributed by atoms with Gasteiger partial charge in [0.2, 0.25) is 0 Å². The van der Waals surface area contributed by atoms with E-state index in [0.29, 0.717) is 5.69 Å². The number of nitrogens with zero attached hydrogens (tertiary/aromatic N) is 2. The number of carboxylic acids is 1. The second-order valence-corrected chi connectivity index (χ2v) is 7.63. The molecule has 4 aromatic rings. The molecule has 0 unspecified atom stereocenters. The Hall–Kier alpha value is -3.99. The fourth-order valence-electron chi connectivity index (χ4n) is 4.25. The smallest absolute Gasteiger partial charge is 0.303 e. The predicted octanol–water partition coefficient (Wildman–Crippen LogP) is 5.16. The largest absolute Gasteiger partial charge is 0.481 e. The Bertz CT molecular complexity index is 1090. The monoisotopic (exact) mass is 424 g/mol. The van der Waals surface area contributed by atoms with Crippen LogP contribution in [0.4, 0.5) is 0 Å². The number of imidazole rings is 1. The van der Waals surface area contributed by atoms with Crippen molar-refractivity contribution in [3.8, 4) is 0 Å². The Morgan fingerprint density at radius 3 is 1.66 bits per heavy atom. The minimum absolute atomic E-state index is 0.0406. The van der Waals surface area contributed by atoms with Gasteiger partial charge in [-0.3, -0.25) is 9.59 Å². The van der Waals surface area contributed by atoms with Gasteiger partial charge >= 0.3 is 5.97 Å². The van der Waals surface area contributed by atoms with E-state index in [4.69, 9.17) is 5.11 Å². The minimum Gasteiger partial charge on any atom is -0.481 e. The number of carbonyl (C=O) groups is 2. The zero-order chi connectivity index (χ0) is 22.4. The summed E-state index contributed by atoms with van der Waals surface area (Å²) in [5, 5.41) is 8.96. The van der Waals surface area contributed by atoms with Crippen LogP contribution in [0.2, 0.25) is 0 Å². The molecule has 0 amide bonds. The molecule has 5 nitrogen and oxygen atoms in total. The molecule has 0 spiro atoms. The number of rotatable bonds is 9. The maximum atomic E-state index is 13.2. The van der Waals surface area contributed by atoms with Gasteiger partial charge in [0.15, 0.2) is 5.78 Å². The van der Waals surface area contributed by atoms with Gasteiger partial charge < -0.3 is 9.67 Å². The van der Waals surface area contributed by atoms with E-state index in [9.17, 15) is 9.59 Å². The summed E-state index contributed by atoms with van der Waals surface area (Å²) in [5.74, 6) is -1.03. The van der Waals surface area contributed by atoms with Crippen LogP contribution in [-0.2, 0) is 10.3 Å². The number of benzene rings is 3. The maximum Gasteiger partial charge on any atom is 0.303 e. The summed E-state index contributed by atoms with van der Waals surface area (Å²) in [5.41, 5.74) is 2.62. The maximum absolute atomic E-state index is 13.2. The summed E-state index contributed by atoms with van der Waals surface area (Å²) >= 11 is 0. The molecule has 0 saturated carbocycles. The number of aliphatic carboxylic acids is 1. The van der Waals surface area contributed by atoms with Gasteiger partial charge in [-0.25, -0.2) is 4.98 Å². The van der Waals surface area contributed by atoms with Crippen LogP contribution < -0.4 is 0 Å². The number of hydrogen-bond donors (Lipinski definition) is 1. The molecule has 0 radical (unpaired) electrons. The highest BCUT2D eigenvalue weighted by Crippen LogP contribution is 2.41. The lowest BCUT2D eigenvalue weighted by Gasteiger charge is -2.38. The quantitative estimate of drug-likeness (QED) is 0.298. The van der Waals surface area contributed by atoms with E-state index < -0.39 is 11.5 Å². The van der Waals surface area contributed by atoms with Gasteiger partial charge in [0.05, 0.1) is 12.5 Å². The van der Waals surface area contributed by atoms with E-state index in [-0.39, 0.29) is 25.0 Å². The number of hydrogen-bond acceptors (Lipinski definition) is 3. The van der Waals surface area contributed by atoms with Crippen LogP contribution in [0.25, 0.3) is 0 Å². The molecule has 32 heavy (non-hydrogen) atoms. The van der Waals surface area contributed by atoms with Crippen molar-refractivity contribution < 1.29 is 14.7 Å². The molecule has 0 bridgehead atoms. The fraction of sp³-hybridized carbons (Fsp3) is 0.148. The summed E-state index contributed by atoms with van der Waals surface area (Å²) < 4.78 is 1.93. The topological polar surface area (TPSA) is 72.2 Å². The van der Waals surface area contributed by atoms with Gasteiger partial charge in [-0.1, -0.05) is 91.0 Å². The number of Topliss-reactive ketones (excluding diaryl/α,β-unsaturated/α-hetero) is 1. The molecule has 1 heterocycles. The van der Waals surface area contributed by atoms with Gasteiger partial charge in [0, 0.05) is 12.8 Å². The summed E-state index contributed by atoms with van der Waals surface area (Å²) in [6, 6.07) is 30.2. The van der Waals surface area contributed by atoms with Crippen molar-refractivity contribution in [1.82, 2.24) is 9.55 Å². The first-order chi connectivity index (χ1) is 15.6. The van der Waals surface area contributed by atoms with Crippen molar-refractivity contribution in [1.29, 1.82) is 0 Å². The Morgan fingerprint density at radius 2 is 1.22 bits per heavy atom. The molecule has 1 N–H and O–H groups in total. The zero-order valence-corrected chi connectivity index (χ0v) is 17.6. The van der Waals surface area contributed by atoms with Crippen LogP contribution in [0.5, 0.6) is 0 Å². The molecule has 0 saturated heterocycles. The number of aromatic nitrogens is 2. The van der Waals surface area contributed by atoms with Gasteiger partial charge in [-0.2, -0.15) is 0 Å². The lowest BCUT2D eigenvalue weighted by Crippen LogP contribution is -2.39. The lowest BCUT2D eigenvalue weighted by molar-refractivity contribution is -0.137. The predicted molar refractivity (Wildman–Crippen MR) is 123 cm³/mol. The van der Waals surface area contributed by atoms with Crippen LogP contribution in [-0.4, -0.2) is 26.4 Å². The van der Waals surface area contributed by atoms with Gasteiger partial charge in [-0.05, 0) is 23.1 Å². The highest BCUT2D eigenvalue weighted by atomic mass is 16.4. The van der Waals surface area contributed by atoms with Crippen LogP contribution in [0, 0.1) is 0 Å². The van der Waals surface area contributed by atoms with Crippen molar-refractivity contribution in [2.24, 2.45) is 0 Å².